The molecule has 0 radical (unpaired) electrons. The number of benzene rings is 1. The Balaban J connectivity index is 1.32. The first-order valence-electron chi connectivity index (χ1n) is 14.3. The van der Waals surface area contributed by atoms with E-state index < -0.39 is 28.7 Å². The van der Waals surface area contributed by atoms with Crippen molar-refractivity contribution in [2.24, 2.45) is 11.8 Å². The van der Waals surface area contributed by atoms with Gasteiger partial charge in [-0.3, -0.25) is 19.3 Å². The van der Waals surface area contributed by atoms with Crippen molar-refractivity contribution >= 4 is 29.5 Å². The Hall–Kier alpha value is -2.66. The molecule has 9 nitrogen and oxygen atoms in total. The van der Waals surface area contributed by atoms with Crippen molar-refractivity contribution in [2.45, 2.75) is 35.5 Å². The van der Waals surface area contributed by atoms with Gasteiger partial charge in [0.15, 0.2) is 0 Å². The van der Waals surface area contributed by atoms with Crippen molar-refractivity contribution in [3.63, 3.8) is 0 Å². The fourth-order valence-corrected chi connectivity index (χ4v) is 8.96. The minimum absolute atomic E-state index is 0.0481. The monoisotopic (exact) mass is 566 g/mol. The van der Waals surface area contributed by atoms with Gasteiger partial charge in [-0.2, -0.15) is 0 Å². The lowest BCUT2D eigenvalue weighted by Crippen LogP contribution is -2.56. The number of aliphatic hydroxyl groups is 1. The maximum atomic E-state index is 14.3. The van der Waals surface area contributed by atoms with Crippen LogP contribution in [0.5, 0.6) is 0 Å². The summed E-state index contributed by atoms with van der Waals surface area (Å²) in [5.74, 6) is -1.60. The third-order valence-corrected chi connectivity index (χ3v) is 10.8. The van der Waals surface area contributed by atoms with Gasteiger partial charge < -0.3 is 24.5 Å². The average Bonchev–Trinajstić information content (AvgIpc) is 3.31. The number of ether oxygens (including phenoxy) is 1. The first-order chi connectivity index (χ1) is 19.4. The third kappa shape index (κ3) is 4.68. The molecule has 5 aliphatic heterocycles. The predicted molar refractivity (Wildman–Crippen MR) is 152 cm³/mol. The Morgan fingerprint density at radius 1 is 1.00 bits per heavy atom. The number of fused-ring (bicyclic) bond motifs is 2. The van der Waals surface area contributed by atoms with Gasteiger partial charge in [-0.05, 0) is 12.5 Å². The molecule has 214 valence electrons. The van der Waals surface area contributed by atoms with E-state index in [-0.39, 0.29) is 29.6 Å². The summed E-state index contributed by atoms with van der Waals surface area (Å²) in [7, 11) is 0. The smallest absolute Gasteiger partial charge is 0.247 e. The molecule has 1 aromatic rings. The van der Waals surface area contributed by atoms with Crippen LogP contribution in [0.3, 0.4) is 0 Å². The molecule has 5 heterocycles. The molecule has 1 aromatic carbocycles. The van der Waals surface area contributed by atoms with Crippen molar-refractivity contribution in [1.82, 2.24) is 19.6 Å². The second kappa shape index (κ2) is 11.3. The second-order valence-corrected chi connectivity index (χ2v) is 12.9. The van der Waals surface area contributed by atoms with Crippen molar-refractivity contribution in [2.75, 3.05) is 59.1 Å². The molecule has 3 amide bonds. The average molecular weight is 567 g/mol. The van der Waals surface area contributed by atoms with Crippen LogP contribution in [0.2, 0.25) is 0 Å². The molecule has 1 spiro atoms. The number of carbonyl (C=O) groups excluding carboxylic acids is 3. The number of hydrogen-bond donors (Lipinski definition) is 1. The first kappa shape index (κ1) is 27.5. The fraction of sp³-hybridized carbons (Fsp3) is 0.567. The number of carbonyl (C=O) groups is 3. The summed E-state index contributed by atoms with van der Waals surface area (Å²) in [6.45, 7) is 7.31. The Labute approximate surface area is 239 Å². The van der Waals surface area contributed by atoms with Crippen molar-refractivity contribution in [3.8, 4) is 0 Å². The van der Waals surface area contributed by atoms with Crippen LogP contribution in [0.15, 0.2) is 54.6 Å². The molecular weight excluding hydrogens is 528 g/mol. The SMILES string of the molecule is C[C@H](CO)N1C(=O)[C@@H]2[C@@H]3C(=O)N(Cc4ccccc4)CC=C[C@@H]3S[C@@]23C=CCN(CCN2CCOCC2)C(=O)C13. The van der Waals surface area contributed by atoms with E-state index in [1.165, 1.54) is 0 Å². The van der Waals surface area contributed by atoms with Crippen molar-refractivity contribution < 1.29 is 24.2 Å². The number of aliphatic hydroxyl groups excluding tert-OH is 1. The highest BCUT2D eigenvalue weighted by Crippen LogP contribution is 2.61. The van der Waals surface area contributed by atoms with Crippen LogP contribution in [-0.2, 0) is 25.7 Å². The summed E-state index contributed by atoms with van der Waals surface area (Å²) in [5, 5.41) is 9.95. The lowest BCUT2D eigenvalue weighted by Gasteiger charge is -2.38. The van der Waals surface area contributed by atoms with Crippen LogP contribution in [-0.4, -0.2) is 124 Å². The summed E-state index contributed by atoms with van der Waals surface area (Å²) >= 11 is 1.58. The molecule has 1 unspecified atom stereocenters. The number of thioether (sulfide) groups is 1. The van der Waals surface area contributed by atoms with Gasteiger partial charge in [-0.15, -0.1) is 11.8 Å². The molecule has 1 N–H and O–H groups in total. The van der Waals surface area contributed by atoms with Gasteiger partial charge in [0.2, 0.25) is 17.7 Å². The largest absolute Gasteiger partial charge is 0.394 e. The zero-order valence-electron chi connectivity index (χ0n) is 22.9. The Morgan fingerprint density at radius 3 is 2.50 bits per heavy atom. The number of amides is 3. The lowest BCUT2D eigenvalue weighted by atomic mass is 9.78. The van der Waals surface area contributed by atoms with Gasteiger partial charge in [0.1, 0.15) is 6.04 Å². The summed E-state index contributed by atoms with van der Waals surface area (Å²) in [5.41, 5.74) is 1.04. The van der Waals surface area contributed by atoms with Gasteiger partial charge in [0.25, 0.3) is 0 Å². The number of hydrogen-bond acceptors (Lipinski definition) is 7. The normalized spacial score (nSPS) is 33.0. The van der Waals surface area contributed by atoms with Crippen LogP contribution < -0.4 is 0 Å². The van der Waals surface area contributed by atoms with Gasteiger partial charge in [-0.1, -0.05) is 54.6 Å². The van der Waals surface area contributed by atoms with Crippen LogP contribution >= 0.6 is 11.8 Å². The molecule has 0 bridgehead atoms. The number of nitrogens with zero attached hydrogens (tertiary/aromatic N) is 4. The molecule has 3 saturated heterocycles. The lowest BCUT2D eigenvalue weighted by molar-refractivity contribution is -0.146. The van der Waals surface area contributed by atoms with Crippen molar-refractivity contribution in [1.29, 1.82) is 0 Å². The van der Waals surface area contributed by atoms with Gasteiger partial charge in [-0.25, -0.2) is 0 Å². The van der Waals surface area contributed by atoms with E-state index >= 15 is 0 Å². The maximum absolute atomic E-state index is 14.3. The second-order valence-electron chi connectivity index (χ2n) is 11.4. The van der Waals surface area contributed by atoms with E-state index in [9.17, 15) is 19.5 Å². The molecule has 10 heteroatoms. The zero-order valence-corrected chi connectivity index (χ0v) is 23.7. The zero-order chi connectivity index (χ0) is 27.9. The molecule has 6 atom stereocenters. The molecule has 3 fully saturated rings. The Morgan fingerprint density at radius 2 is 1.75 bits per heavy atom. The van der Waals surface area contributed by atoms with E-state index in [4.69, 9.17) is 4.74 Å². The highest BCUT2D eigenvalue weighted by Gasteiger charge is 2.71. The number of likely N-dealkylation sites (tertiary alicyclic amines) is 1. The molecule has 6 rings (SSSR count). The molecule has 5 aliphatic rings. The predicted octanol–water partition coefficient (Wildman–Crippen LogP) is 0.994. The number of morpholine rings is 1. The molecular formula is C30H38N4O5S. The van der Waals surface area contributed by atoms with E-state index in [0.29, 0.717) is 39.4 Å². The maximum Gasteiger partial charge on any atom is 0.247 e. The quantitative estimate of drug-likeness (QED) is 0.492. The Bertz CT molecular complexity index is 1190. The molecule has 40 heavy (non-hydrogen) atoms. The van der Waals surface area contributed by atoms with Crippen LogP contribution in [0.4, 0.5) is 0 Å². The minimum Gasteiger partial charge on any atom is -0.394 e. The van der Waals surface area contributed by atoms with Crippen molar-refractivity contribution in [3.05, 3.63) is 60.2 Å². The summed E-state index contributed by atoms with van der Waals surface area (Å²) < 4.78 is 4.60. The van der Waals surface area contributed by atoms with E-state index in [2.05, 4.69) is 11.0 Å². The van der Waals surface area contributed by atoms with Gasteiger partial charge >= 0.3 is 0 Å². The summed E-state index contributed by atoms with van der Waals surface area (Å²) in [6, 6.07) is 8.58. The van der Waals surface area contributed by atoms with E-state index in [1.807, 2.05) is 58.4 Å². The summed E-state index contributed by atoms with van der Waals surface area (Å²) in [4.78, 5) is 50.3. The van der Waals surface area contributed by atoms with E-state index in [1.54, 1.807) is 23.6 Å². The van der Waals surface area contributed by atoms with Crippen LogP contribution in [0.25, 0.3) is 0 Å². The highest BCUT2D eigenvalue weighted by molar-refractivity contribution is 8.02. The van der Waals surface area contributed by atoms with Crippen LogP contribution in [0.1, 0.15) is 12.5 Å². The minimum atomic E-state index is -0.865. The topological polar surface area (TPSA) is 93.6 Å². The first-order valence-corrected chi connectivity index (χ1v) is 15.2. The Kier molecular flexibility index (Phi) is 7.78. The van der Waals surface area contributed by atoms with Gasteiger partial charge in [0, 0.05) is 51.1 Å². The fourth-order valence-electron chi connectivity index (χ4n) is 6.97. The standard InChI is InChI=1S/C30H38N4O5S/c1-21(20-35)34-26-29(38)32(14-13-31-15-17-39-18-16-31)12-6-10-30(26)25(28(34)37)24-23(40-30)9-5-11-33(27(24)36)19-22-7-3-2-4-8-22/h2-10,21,23-26,35H,11-20H2,1H3/t21-,23+,24-,25+,26?,30+/m1/s1. The molecule has 0 aliphatic carbocycles. The third-order valence-electron chi connectivity index (χ3n) is 9.01. The van der Waals surface area contributed by atoms with Crippen LogP contribution in [0, 0.1) is 11.8 Å². The highest BCUT2D eigenvalue weighted by atomic mass is 32.2. The molecule has 0 aromatic heterocycles. The summed E-state index contributed by atoms with van der Waals surface area (Å²) in [6.07, 6.45) is 8.15. The molecule has 0 saturated carbocycles. The van der Waals surface area contributed by atoms with E-state index in [0.717, 1.165) is 25.2 Å². The number of rotatable bonds is 7. The van der Waals surface area contributed by atoms with Gasteiger partial charge in [0.05, 0.1) is 42.4 Å².